The molecule has 1 atom stereocenters. The molecule has 0 aliphatic carbocycles. The average molecular weight is 235 g/mol. The minimum Gasteiger partial charge on any atom is -0.389 e. The molecule has 2 heterocycles. The number of hydrogen-bond donors (Lipinski definition) is 2. The van der Waals surface area contributed by atoms with Crippen LogP contribution < -0.4 is 10.2 Å². The molecular weight excluding hydrogens is 222 g/mol. The second kappa shape index (κ2) is 4.50. The Hall–Kier alpha value is -1.95. The molecule has 1 aliphatic heterocycles. The highest BCUT2D eigenvalue weighted by Gasteiger charge is 2.23. The van der Waals surface area contributed by atoms with Crippen molar-refractivity contribution >= 4 is 17.6 Å². The van der Waals surface area contributed by atoms with E-state index in [1.165, 1.54) is 0 Å². The summed E-state index contributed by atoms with van der Waals surface area (Å²) in [4.78, 5) is 28.1. The summed E-state index contributed by atoms with van der Waals surface area (Å²) in [6, 6.07) is 3.37. The van der Waals surface area contributed by atoms with Gasteiger partial charge in [0.25, 0.3) is 0 Å². The van der Waals surface area contributed by atoms with E-state index in [9.17, 15) is 14.7 Å². The first-order chi connectivity index (χ1) is 8.06. The summed E-state index contributed by atoms with van der Waals surface area (Å²) in [5.41, 5.74) is 0.702. The highest BCUT2D eigenvalue weighted by molar-refractivity contribution is 6.02. The number of rotatable bonds is 2. The Bertz CT molecular complexity index is 443. The predicted molar refractivity (Wildman–Crippen MR) is 60.2 cm³/mol. The molecule has 0 aromatic carbocycles. The number of aliphatic hydroxyl groups is 1. The van der Waals surface area contributed by atoms with E-state index in [-0.39, 0.29) is 24.9 Å². The first kappa shape index (κ1) is 11.5. The van der Waals surface area contributed by atoms with E-state index in [1.54, 1.807) is 30.2 Å². The molecule has 1 fully saturated rings. The van der Waals surface area contributed by atoms with Gasteiger partial charge in [0.05, 0.1) is 19.2 Å². The van der Waals surface area contributed by atoms with Crippen molar-refractivity contribution in [2.45, 2.75) is 13.0 Å². The number of piperazine rings is 1. The van der Waals surface area contributed by atoms with E-state index in [4.69, 9.17) is 0 Å². The molecule has 1 aromatic heterocycles. The minimum absolute atomic E-state index is 0.0992. The van der Waals surface area contributed by atoms with Gasteiger partial charge in [-0.1, -0.05) is 0 Å². The lowest BCUT2D eigenvalue weighted by Crippen LogP contribution is -2.51. The largest absolute Gasteiger partial charge is 0.389 e. The summed E-state index contributed by atoms with van der Waals surface area (Å²) in [5, 5.41) is 11.7. The zero-order valence-electron chi connectivity index (χ0n) is 9.38. The van der Waals surface area contributed by atoms with Crippen LogP contribution in [-0.2, 0) is 9.59 Å². The van der Waals surface area contributed by atoms with Crippen molar-refractivity contribution in [2.75, 3.05) is 18.0 Å². The standard InChI is InChI=1S/C11H13N3O3/c1-7(15)8-2-3-12-9(4-8)14-5-10(16)13-11(17)6-14/h2-4,7,15H,5-6H2,1H3,(H,13,16,17). The van der Waals surface area contributed by atoms with Crippen LogP contribution in [0.15, 0.2) is 18.3 Å². The molecule has 1 saturated heterocycles. The van der Waals surface area contributed by atoms with Gasteiger partial charge in [-0.05, 0) is 24.6 Å². The van der Waals surface area contributed by atoms with Crippen LogP contribution in [0.3, 0.4) is 0 Å². The van der Waals surface area contributed by atoms with Crippen molar-refractivity contribution in [3.8, 4) is 0 Å². The molecule has 1 unspecified atom stereocenters. The normalized spacial score (nSPS) is 17.9. The van der Waals surface area contributed by atoms with Gasteiger partial charge in [-0.3, -0.25) is 14.9 Å². The lowest BCUT2D eigenvalue weighted by Gasteiger charge is -2.26. The van der Waals surface area contributed by atoms with Crippen LogP contribution in [0.1, 0.15) is 18.6 Å². The fourth-order valence-electron chi connectivity index (χ4n) is 1.67. The zero-order valence-corrected chi connectivity index (χ0v) is 9.38. The molecule has 2 amide bonds. The van der Waals surface area contributed by atoms with E-state index in [0.717, 1.165) is 0 Å². The van der Waals surface area contributed by atoms with Crippen LogP contribution in [-0.4, -0.2) is 35.0 Å². The third kappa shape index (κ3) is 2.59. The summed E-state index contributed by atoms with van der Waals surface area (Å²) >= 11 is 0. The topological polar surface area (TPSA) is 82.5 Å². The lowest BCUT2D eigenvalue weighted by molar-refractivity contribution is -0.130. The van der Waals surface area contributed by atoms with Gasteiger partial charge in [0.1, 0.15) is 5.82 Å². The predicted octanol–water partition coefficient (Wildman–Crippen LogP) is -0.402. The minimum atomic E-state index is -0.605. The SMILES string of the molecule is CC(O)c1ccnc(N2CC(=O)NC(=O)C2)c1. The van der Waals surface area contributed by atoms with Crippen molar-refractivity contribution in [1.29, 1.82) is 0 Å². The molecule has 1 aromatic rings. The Balaban J connectivity index is 2.24. The first-order valence-electron chi connectivity index (χ1n) is 5.28. The Morgan fingerprint density at radius 2 is 2.06 bits per heavy atom. The van der Waals surface area contributed by atoms with Gasteiger partial charge in [0.15, 0.2) is 0 Å². The molecule has 2 rings (SSSR count). The van der Waals surface area contributed by atoms with Crippen molar-refractivity contribution in [2.24, 2.45) is 0 Å². The van der Waals surface area contributed by atoms with E-state index in [0.29, 0.717) is 11.4 Å². The van der Waals surface area contributed by atoms with Gasteiger partial charge >= 0.3 is 0 Å². The molecule has 17 heavy (non-hydrogen) atoms. The number of carbonyl (C=O) groups is 2. The Morgan fingerprint density at radius 3 is 2.65 bits per heavy atom. The molecule has 2 N–H and O–H groups in total. The Labute approximate surface area is 98.3 Å². The van der Waals surface area contributed by atoms with E-state index in [1.807, 2.05) is 0 Å². The molecule has 0 saturated carbocycles. The molecule has 6 heteroatoms. The first-order valence-corrected chi connectivity index (χ1v) is 5.28. The monoisotopic (exact) mass is 235 g/mol. The second-order valence-electron chi connectivity index (χ2n) is 3.95. The molecule has 90 valence electrons. The number of pyridine rings is 1. The van der Waals surface area contributed by atoms with Gasteiger partial charge in [-0.2, -0.15) is 0 Å². The number of imide groups is 1. The molecule has 1 aliphatic rings. The zero-order chi connectivity index (χ0) is 12.4. The number of aliphatic hydroxyl groups excluding tert-OH is 1. The van der Waals surface area contributed by atoms with Gasteiger partial charge < -0.3 is 10.0 Å². The van der Waals surface area contributed by atoms with Crippen LogP contribution in [0.4, 0.5) is 5.82 Å². The maximum Gasteiger partial charge on any atom is 0.246 e. The summed E-state index contributed by atoms with van der Waals surface area (Å²) in [7, 11) is 0. The summed E-state index contributed by atoms with van der Waals surface area (Å²) in [5.74, 6) is -0.164. The maximum absolute atomic E-state index is 11.2. The van der Waals surface area contributed by atoms with Crippen LogP contribution >= 0.6 is 0 Å². The highest BCUT2D eigenvalue weighted by Crippen LogP contribution is 2.18. The fraction of sp³-hybridized carbons (Fsp3) is 0.364. The third-order valence-corrected chi connectivity index (χ3v) is 2.52. The van der Waals surface area contributed by atoms with Crippen LogP contribution in [0, 0.1) is 0 Å². The molecule has 0 radical (unpaired) electrons. The highest BCUT2D eigenvalue weighted by atomic mass is 16.3. The Kier molecular flexibility index (Phi) is 3.06. The maximum atomic E-state index is 11.2. The molecule has 0 spiro atoms. The van der Waals surface area contributed by atoms with E-state index in [2.05, 4.69) is 10.3 Å². The summed E-state index contributed by atoms with van der Waals surface area (Å²) in [6.07, 6.45) is 0.944. The van der Waals surface area contributed by atoms with Gasteiger partial charge in [-0.15, -0.1) is 0 Å². The van der Waals surface area contributed by atoms with Gasteiger partial charge in [0.2, 0.25) is 11.8 Å². The number of hydrogen-bond acceptors (Lipinski definition) is 5. The van der Waals surface area contributed by atoms with Crippen LogP contribution in [0.25, 0.3) is 0 Å². The van der Waals surface area contributed by atoms with Crippen LogP contribution in [0.2, 0.25) is 0 Å². The average Bonchev–Trinajstić information content (AvgIpc) is 2.28. The number of carbonyl (C=O) groups excluding carboxylic acids is 2. The second-order valence-corrected chi connectivity index (χ2v) is 3.95. The number of amides is 2. The van der Waals surface area contributed by atoms with E-state index >= 15 is 0 Å². The third-order valence-electron chi connectivity index (χ3n) is 2.52. The van der Waals surface area contributed by atoms with Crippen LogP contribution in [0.5, 0.6) is 0 Å². The van der Waals surface area contributed by atoms with Gasteiger partial charge in [-0.25, -0.2) is 4.98 Å². The van der Waals surface area contributed by atoms with Crippen molar-refractivity contribution in [3.63, 3.8) is 0 Å². The number of nitrogens with zero attached hydrogens (tertiary/aromatic N) is 2. The summed E-state index contributed by atoms with van der Waals surface area (Å²) < 4.78 is 0. The van der Waals surface area contributed by atoms with Crippen molar-refractivity contribution in [1.82, 2.24) is 10.3 Å². The Morgan fingerprint density at radius 1 is 1.41 bits per heavy atom. The number of nitrogens with one attached hydrogen (secondary N) is 1. The lowest BCUT2D eigenvalue weighted by atomic mass is 10.1. The summed E-state index contributed by atoms with van der Waals surface area (Å²) in [6.45, 7) is 1.84. The molecular formula is C11H13N3O3. The quantitative estimate of drug-likeness (QED) is 0.681. The number of anilines is 1. The van der Waals surface area contributed by atoms with E-state index < -0.39 is 6.10 Å². The van der Waals surface area contributed by atoms with Gasteiger partial charge in [0, 0.05) is 6.20 Å². The fourth-order valence-corrected chi connectivity index (χ4v) is 1.67. The number of aromatic nitrogens is 1. The smallest absolute Gasteiger partial charge is 0.246 e. The van der Waals surface area contributed by atoms with Crippen molar-refractivity contribution in [3.05, 3.63) is 23.9 Å². The van der Waals surface area contributed by atoms with Crippen molar-refractivity contribution < 1.29 is 14.7 Å². The molecule has 6 nitrogen and oxygen atoms in total. The molecule has 0 bridgehead atoms.